The predicted octanol–water partition coefficient (Wildman–Crippen LogP) is 2.30. The Kier molecular flexibility index (Phi) is 6.87. The highest BCUT2D eigenvalue weighted by atomic mass is 16.6. The van der Waals surface area contributed by atoms with E-state index in [1.165, 1.54) is 6.07 Å². The highest BCUT2D eigenvalue weighted by molar-refractivity contribution is 5.75. The van der Waals surface area contributed by atoms with Crippen molar-refractivity contribution in [2.24, 2.45) is 0 Å². The van der Waals surface area contributed by atoms with Gasteiger partial charge >= 0.3 is 5.97 Å². The first kappa shape index (κ1) is 16.3. The molecule has 0 heterocycles. The third-order valence-electron chi connectivity index (χ3n) is 2.67. The van der Waals surface area contributed by atoms with Gasteiger partial charge in [-0.3, -0.25) is 0 Å². The van der Waals surface area contributed by atoms with Gasteiger partial charge in [0.25, 0.3) is 0 Å². The quantitative estimate of drug-likeness (QED) is 0.741. The number of carbonyl (C=O) groups excluding carboxylic acids is 1. The van der Waals surface area contributed by atoms with Crippen LogP contribution in [0.5, 0.6) is 11.5 Å². The highest BCUT2D eigenvalue weighted by Crippen LogP contribution is 2.26. The zero-order chi connectivity index (χ0) is 15.0. The number of phenols is 1. The summed E-state index contributed by atoms with van der Waals surface area (Å²) in [5.74, 6) is 0.299. The Morgan fingerprint density at radius 1 is 1.20 bits per heavy atom. The van der Waals surface area contributed by atoms with E-state index in [0.29, 0.717) is 32.0 Å². The Morgan fingerprint density at radius 3 is 2.55 bits per heavy atom. The average molecular weight is 282 g/mol. The topological polar surface area (TPSA) is 65.0 Å². The number of rotatable bonds is 8. The number of aromatic hydroxyl groups is 1. The van der Waals surface area contributed by atoms with E-state index in [4.69, 9.17) is 14.2 Å². The molecule has 0 saturated carbocycles. The summed E-state index contributed by atoms with van der Waals surface area (Å²) in [6.07, 6.45) is -0.314. The summed E-state index contributed by atoms with van der Waals surface area (Å²) in [6.45, 7) is 6.66. The monoisotopic (exact) mass is 282 g/mol. The highest BCUT2D eigenvalue weighted by Gasteiger charge is 2.22. The van der Waals surface area contributed by atoms with Crippen molar-refractivity contribution >= 4 is 5.97 Å². The van der Waals surface area contributed by atoms with Crippen LogP contribution in [0.2, 0.25) is 0 Å². The van der Waals surface area contributed by atoms with Crippen molar-refractivity contribution < 1.29 is 24.1 Å². The predicted molar refractivity (Wildman–Crippen MR) is 75.0 cm³/mol. The second kappa shape index (κ2) is 8.43. The summed E-state index contributed by atoms with van der Waals surface area (Å²) in [7, 11) is 0. The Hall–Kier alpha value is -1.75. The fraction of sp³-hybridized carbons (Fsp3) is 0.533. The summed E-state index contributed by atoms with van der Waals surface area (Å²) in [5.41, 5.74) is 0.802. The molecule has 0 unspecified atom stereocenters. The van der Waals surface area contributed by atoms with Gasteiger partial charge in [-0.2, -0.15) is 0 Å². The number of benzene rings is 1. The summed E-state index contributed by atoms with van der Waals surface area (Å²) < 4.78 is 15.9. The van der Waals surface area contributed by atoms with Crippen LogP contribution in [0.4, 0.5) is 0 Å². The molecule has 1 N–H and O–H groups in total. The lowest BCUT2D eigenvalue weighted by atomic mass is 10.1. The maximum Gasteiger partial charge on any atom is 0.335 e. The van der Waals surface area contributed by atoms with Crippen LogP contribution in [0.3, 0.4) is 0 Å². The molecule has 0 amide bonds. The summed E-state index contributed by atoms with van der Waals surface area (Å²) in [4.78, 5) is 11.8. The number of esters is 1. The third kappa shape index (κ3) is 4.74. The molecular weight excluding hydrogens is 260 g/mol. The van der Waals surface area contributed by atoms with Crippen LogP contribution in [0.15, 0.2) is 18.2 Å². The number of phenolic OH excluding ortho intramolecular Hbond substituents is 1. The normalized spacial score (nSPS) is 11.9. The lowest BCUT2D eigenvalue weighted by molar-refractivity contribution is -0.156. The molecule has 0 aromatic heterocycles. The number of hydrogen-bond donors (Lipinski definition) is 1. The molecule has 20 heavy (non-hydrogen) atoms. The number of carbonyl (C=O) groups is 1. The molecule has 5 heteroatoms. The van der Waals surface area contributed by atoms with E-state index in [2.05, 4.69) is 0 Å². The Bertz CT molecular complexity index is 430. The van der Waals surface area contributed by atoms with Crippen molar-refractivity contribution in [3.8, 4) is 11.5 Å². The van der Waals surface area contributed by atoms with Crippen LogP contribution in [-0.2, 0) is 20.7 Å². The Morgan fingerprint density at radius 2 is 1.95 bits per heavy atom. The van der Waals surface area contributed by atoms with Crippen LogP contribution < -0.4 is 4.74 Å². The van der Waals surface area contributed by atoms with Crippen molar-refractivity contribution in [2.75, 3.05) is 19.8 Å². The molecule has 0 aliphatic rings. The third-order valence-corrected chi connectivity index (χ3v) is 2.67. The van der Waals surface area contributed by atoms with Gasteiger partial charge in [0.15, 0.2) is 6.10 Å². The lowest BCUT2D eigenvalue weighted by Gasteiger charge is -2.17. The number of ether oxygens (including phenoxy) is 3. The first-order valence-electron chi connectivity index (χ1n) is 6.85. The molecule has 1 aromatic rings. The summed E-state index contributed by atoms with van der Waals surface area (Å²) >= 11 is 0. The molecule has 0 bridgehead atoms. The van der Waals surface area contributed by atoms with Crippen molar-refractivity contribution in [1.29, 1.82) is 0 Å². The van der Waals surface area contributed by atoms with E-state index in [9.17, 15) is 9.90 Å². The van der Waals surface area contributed by atoms with Crippen molar-refractivity contribution in [3.63, 3.8) is 0 Å². The van der Waals surface area contributed by atoms with Crippen LogP contribution in [0.1, 0.15) is 26.3 Å². The van der Waals surface area contributed by atoms with Gasteiger partial charge in [-0.1, -0.05) is 6.07 Å². The zero-order valence-electron chi connectivity index (χ0n) is 12.2. The minimum absolute atomic E-state index is 0.126. The molecule has 1 rings (SSSR count). The first-order chi connectivity index (χ1) is 9.62. The van der Waals surface area contributed by atoms with Gasteiger partial charge in [0, 0.05) is 19.1 Å². The standard InChI is InChI=1S/C15H22O5/c1-4-18-13-10-12(16)8-7-11(13)9-14(19-5-2)15(17)20-6-3/h7-8,10,14,16H,4-6,9H2,1-3H3/t14-/m1/s1. The molecule has 1 aromatic carbocycles. The van der Waals surface area contributed by atoms with Gasteiger partial charge in [0.05, 0.1) is 13.2 Å². The van der Waals surface area contributed by atoms with Gasteiger partial charge in [0.2, 0.25) is 0 Å². The van der Waals surface area contributed by atoms with Crippen molar-refractivity contribution in [1.82, 2.24) is 0 Å². The molecule has 0 spiro atoms. The molecule has 0 fully saturated rings. The number of hydrogen-bond acceptors (Lipinski definition) is 5. The van der Waals surface area contributed by atoms with E-state index in [1.54, 1.807) is 19.1 Å². The maximum absolute atomic E-state index is 11.8. The van der Waals surface area contributed by atoms with Gasteiger partial charge in [-0.25, -0.2) is 4.79 Å². The van der Waals surface area contributed by atoms with E-state index in [0.717, 1.165) is 5.56 Å². The molecule has 5 nitrogen and oxygen atoms in total. The molecule has 1 atom stereocenters. The van der Waals surface area contributed by atoms with Crippen LogP contribution in [0, 0.1) is 0 Å². The molecule has 0 radical (unpaired) electrons. The van der Waals surface area contributed by atoms with Crippen LogP contribution in [-0.4, -0.2) is 37.0 Å². The molecule has 0 aliphatic heterocycles. The van der Waals surface area contributed by atoms with Gasteiger partial charge in [-0.05, 0) is 32.4 Å². The fourth-order valence-corrected chi connectivity index (χ4v) is 1.85. The molecule has 0 saturated heterocycles. The van der Waals surface area contributed by atoms with E-state index in [1.807, 2.05) is 13.8 Å². The molecular formula is C15H22O5. The van der Waals surface area contributed by atoms with E-state index < -0.39 is 6.10 Å². The zero-order valence-corrected chi connectivity index (χ0v) is 12.2. The molecule has 0 aliphatic carbocycles. The second-order valence-electron chi connectivity index (χ2n) is 4.13. The largest absolute Gasteiger partial charge is 0.508 e. The van der Waals surface area contributed by atoms with E-state index >= 15 is 0 Å². The van der Waals surface area contributed by atoms with Crippen molar-refractivity contribution in [3.05, 3.63) is 23.8 Å². The second-order valence-corrected chi connectivity index (χ2v) is 4.13. The van der Waals surface area contributed by atoms with Crippen LogP contribution >= 0.6 is 0 Å². The smallest absolute Gasteiger partial charge is 0.335 e. The minimum Gasteiger partial charge on any atom is -0.508 e. The van der Waals surface area contributed by atoms with Gasteiger partial charge in [-0.15, -0.1) is 0 Å². The minimum atomic E-state index is -0.663. The van der Waals surface area contributed by atoms with Gasteiger partial charge < -0.3 is 19.3 Å². The fourth-order valence-electron chi connectivity index (χ4n) is 1.85. The summed E-state index contributed by atoms with van der Waals surface area (Å²) in [6, 6.07) is 4.82. The Balaban J connectivity index is 2.89. The molecule has 112 valence electrons. The van der Waals surface area contributed by atoms with Crippen LogP contribution in [0.25, 0.3) is 0 Å². The lowest BCUT2D eigenvalue weighted by Crippen LogP contribution is -2.29. The summed E-state index contributed by atoms with van der Waals surface area (Å²) in [5, 5.41) is 9.49. The van der Waals surface area contributed by atoms with Gasteiger partial charge in [0.1, 0.15) is 11.5 Å². The SMILES string of the molecule is CCOC(=O)[C@@H](Cc1ccc(O)cc1OCC)OCC. The Labute approximate surface area is 119 Å². The maximum atomic E-state index is 11.8. The average Bonchev–Trinajstić information content (AvgIpc) is 2.41. The first-order valence-corrected chi connectivity index (χ1v) is 6.85. The van der Waals surface area contributed by atoms with Crippen molar-refractivity contribution in [2.45, 2.75) is 33.3 Å². The van der Waals surface area contributed by atoms with E-state index in [-0.39, 0.29) is 11.7 Å².